The fraction of sp³-hybridized carbons (Fsp3) is 0.825. The van der Waals surface area contributed by atoms with Gasteiger partial charge in [0.1, 0.15) is 0 Å². The average molecular weight is 1160 g/mol. The third kappa shape index (κ3) is 47.4. The molecule has 274 valence electrons. The topological polar surface area (TPSA) is 42.3 Å². The summed E-state index contributed by atoms with van der Waals surface area (Å²) in [6, 6.07) is 1.43. The Labute approximate surface area is 336 Å². The van der Waals surface area contributed by atoms with Gasteiger partial charge in [-0.25, -0.2) is 0 Å². The van der Waals surface area contributed by atoms with Crippen molar-refractivity contribution in [3.8, 4) is 0 Å². The van der Waals surface area contributed by atoms with E-state index in [-0.39, 0.29) is 70.6 Å². The van der Waals surface area contributed by atoms with E-state index < -0.39 is 0 Å². The van der Waals surface area contributed by atoms with Crippen LogP contribution in [0.5, 0.6) is 0 Å². The summed E-state index contributed by atoms with van der Waals surface area (Å²) in [6.07, 6.45) is 32.4. The summed E-state index contributed by atoms with van der Waals surface area (Å²) in [5, 5.41) is 13.2. The summed E-state index contributed by atoms with van der Waals surface area (Å²) >= 11 is 0. The van der Waals surface area contributed by atoms with Crippen molar-refractivity contribution >= 4 is 0 Å². The van der Waals surface area contributed by atoms with Crippen molar-refractivity contribution in [1.29, 1.82) is 0 Å². The van der Waals surface area contributed by atoms with Crippen molar-refractivity contribution in [3.63, 3.8) is 0 Å². The maximum absolute atomic E-state index is 4.52. The Bertz CT molecular complexity index is 536. The molecule has 46 heavy (non-hydrogen) atoms. The predicted molar refractivity (Wildman–Crippen MR) is 203 cm³/mol. The molecule has 0 spiro atoms. The molecular formula is C40H81N3W3. The Morgan fingerprint density at radius 3 is 1.37 bits per heavy atom. The van der Waals surface area contributed by atoms with E-state index in [4.69, 9.17) is 0 Å². The average Bonchev–Trinajstić information content (AvgIpc) is 3.03. The molecule has 3 aliphatic rings. The number of hydrogen-bond acceptors (Lipinski definition) is 0. The first kappa shape index (κ1) is 62.4. The van der Waals surface area contributed by atoms with Crippen molar-refractivity contribution in [3.05, 3.63) is 59.6 Å². The summed E-state index contributed by atoms with van der Waals surface area (Å²) in [7, 11) is 0. The summed E-state index contributed by atoms with van der Waals surface area (Å²) in [5.41, 5.74) is 0. The molecule has 0 heterocycles. The van der Waals surface area contributed by atoms with E-state index in [1.165, 1.54) is 77.0 Å². The van der Waals surface area contributed by atoms with Gasteiger partial charge in [-0.2, -0.15) is 37.9 Å². The second-order valence-electron chi connectivity index (χ2n) is 11.6. The number of nitrogens with zero attached hydrogens (tertiary/aromatic N) is 3. The Balaban J connectivity index is -0.0000000881. The van der Waals surface area contributed by atoms with Crippen LogP contribution in [0, 0.1) is 37.0 Å². The van der Waals surface area contributed by atoms with Gasteiger partial charge in [0.15, 0.2) is 0 Å². The Morgan fingerprint density at radius 2 is 1.00 bits per heavy atom. The minimum absolute atomic E-state index is 0. The largest absolute Gasteiger partial charge is 2.00 e. The van der Waals surface area contributed by atoms with E-state index in [1.807, 2.05) is 47.7 Å². The van der Waals surface area contributed by atoms with Crippen molar-refractivity contribution in [2.45, 2.75) is 186 Å². The standard InChI is InChI=1S/C12H21N.C11H19N.C10H19N.3C2H6.CH4.3W/c1-11(2)13-10-6-9-12-7-4-3-5-8-12;1-10(2)12-9-8-11-6-4-3-5-7-11;1-9(2)11-8-10-6-4-3-5-7-10;3*1-2;;;;/h6-7,9,11-12H,3-5,8,10H2,1-2H3;6,8-11H,3-5,7H2,1-2H3;6,9-10H,3-5,7-8H2,1-2H3;3*1-2H3;1H4;;;/q3*-2;;;;;3*+2. The van der Waals surface area contributed by atoms with Crippen LogP contribution < -0.4 is 0 Å². The SMILES string of the molecule is C.CC.CC.CC.CC(C)[N-]C=CC1[CH-]CCCC1.CC(C)[N-]CC1[CH-]CCCC1.CC(C)[N-]CC=CC1[CH-]CCCC1.[W+2].[W+2].[W+2]. The van der Waals surface area contributed by atoms with E-state index in [0.717, 1.165) is 24.9 Å². The van der Waals surface area contributed by atoms with E-state index in [1.54, 1.807) is 0 Å². The fourth-order valence-electron chi connectivity index (χ4n) is 4.67. The first-order valence-corrected chi connectivity index (χ1v) is 18.2. The zero-order chi connectivity index (χ0) is 32.4. The van der Waals surface area contributed by atoms with Crippen molar-refractivity contribution < 1.29 is 63.2 Å². The maximum atomic E-state index is 4.52. The number of hydrogen-bond donors (Lipinski definition) is 0. The van der Waals surface area contributed by atoms with Crippen molar-refractivity contribution in [2.75, 3.05) is 13.1 Å². The number of rotatable bonds is 10. The maximum Gasteiger partial charge on any atom is 2.00 e. The summed E-state index contributed by atoms with van der Waals surface area (Å²) in [5.74, 6) is 2.23. The molecule has 3 aliphatic carbocycles. The van der Waals surface area contributed by atoms with Crippen molar-refractivity contribution in [1.82, 2.24) is 0 Å². The second-order valence-corrected chi connectivity index (χ2v) is 11.6. The first-order valence-electron chi connectivity index (χ1n) is 18.2. The molecule has 3 nitrogen and oxygen atoms in total. The van der Waals surface area contributed by atoms with Crippen LogP contribution in [0.3, 0.4) is 0 Å². The second kappa shape index (κ2) is 50.6. The van der Waals surface area contributed by atoms with Crippen molar-refractivity contribution in [2.24, 2.45) is 17.8 Å². The van der Waals surface area contributed by atoms with Gasteiger partial charge >= 0.3 is 63.2 Å². The number of allylic oxidation sites excluding steroid dienone is 2. The van der Waals surface area contributed by atoms with E-state index >= 15 is 0 Å². The van der Waals surface area contributed by atoms with Gasteiger partial charge in [-0.15, -0.1) is 54.7 Å². The van der Waals surface area contributed by atoms with Gasteiger partial charge < -0.3 is 35.2 Å². The van der Waals surface area contributed by atoms with Crippen LogP contribution >= 0.6 is 0 Å². The molecule has 3 unspecified atom stereocenters. The zero-order valence-electron chi connectivity index (χ0n) is 32.0. The Kier molecular flexibility index (Phi) is 68.7. The van der Waals surface area contributed by atoms with Crippen LogP contribution in [0.1, 0.15) is 168 Å². The van der Waals surface area contributed by atoms with E-state index in [9.17, 15) is 0 Å². The molecule has 0 N–H and O–H groups in total. The van der Waals surface area contributed by atoms with Gasteiger partial charge in [0.05, 0.1) is 0 Å². The molecule has 6 heteroatoms. The van der Waals surface area contributed by atoms with E-state index in [2.05, 4.69) is 95.0 Å². The molecule has 3 atom stereocenters. The van der Waals surface area contributed by atoms with Gasteiger partial charge in [0.25, 0.3) is 0 Å². The van der Waals surface area contributed by atoms with Crippen LogP contribution in [0.15, 0.2) is 24.4 Å². The van der Waals surface area contributed by atoms with Gasteiger partial charge in [-0.1, -0.05) is 148 Å². The molecule has 3 saturated carbocycles. The van der Waals surface area contributed by atoms with Gasteiger partial charge in [0.2, 0.25) is 0 Å². The predicted octanol–water partition coefficient (Wildman–Crippen LogP) is 14.3. The van der Waals surface area contributed by atoms with Crippen LogP contribution in [0.4, 0.5) is 0 Å². The third-order valence-corrected chi connectivity index (χ3v) is 6.83. The molecule has 0 aromatic carbocycles. The van der Waals surface area contributed by atoms with Crippen LogP contribution in [0.25, 0.3) is 16.0 Å². The smallest absolute Gasteiger partial charge is 0.689 e. The zero-order valence-corrected chi connectivity index (χ0v) is 40.8. The Hall–Kier alpha value is 1.26. The molecule has 3 fully saturated rings. The quantitative estimate of drug-likeness (QED) is 0.155. The third-order valence-electron chi connectivity index (χ3n) is 6.83. The van der Waals surface area contributed by atoms with Gasteiger partial charge in [-0.3, -0.25) is 0 Å². The van der Waals surface area contributed by atoms with Crippen LogP contribution in [-0.2, 0) is 63.2 Å². The molecule has 0 aliphatic heterocycles. The molecule has 0 aromatic rings. The monoisotopic (exact) mass is 1160 g/mol. The van der Waals surface area contributed by atoms with E-state index in [0.29, 0.717) is 24.0 Å². The molecule has 0 radical (unpaired) electrons. The Morgan fingerprint density at radius 1 is 0.565 bits per heavy atom. The molecule has 0 amide bonds. The first-order chi connectivity index (χ1) is 20.4. The summed E-state index contributed by atoms with van der Waals surface area (Å²) < 4.78 is 0. The summed E-state index contributed by atoms with van der Waals surface area (Å²) in [4.78, 5) is 0. The molecule has 0 bridgehead atoms. The minimum Gasteiger partial charge on any atom is -0.689 e. The van der Waals surface area contributed by atoms with Gasteiger partial charge in [-0.05, 0) is 0 Å². The fourth-order valence-corrected chi connectivity index (χ4v) is 4.67. The van der Waals surface area contributed by atoms with Gasteiger partial charge in [0, 0.05) is 0 Å². The normalized spacial score (nSPS) is 20.0. The van der Waals surface area contributed by atoms with Crippen LogP contribution in [-0.4, -0.2) is 31.2 Å². The molecule has 0 saturated heterocycles. The minimum atomic E-state index is 0. The molecular weight excluding hydrogens is 1070 g/mol. The van der Waals surface area contributed by atoms with Crippen LogP contribution in [0.2, 0.25) is 0 Å². The summed E-state index contributed by atoms with van der Waals surface area (Å²) in [6.45, 7) is 26.7. The molecule has 0 aromatic heterocycles. The molecule has 3 rings (SSSR count).